The van der Waals surface area contributed by atoms with Crippen LogP contribution in [0.4, 0.5) is 4.79 Å². The Morgan fingerprint density at radius 1 is 1.45 bits per heavy atom. The number of hydrogen-bond acceptors (Lipinski definition) is 4. The van der Waals surface area contributed by atoms with E-state index < -0.39 is 11.7 Å². The van der Waals surface area contributed by atoms with Crippen LogP contribution in [0.3, 0.4) is 0 Å². The van der Waals surface area contributed by atoms with Gasteiger partial charge in [-0.25, -0.2) is 9.78 Å². The van der Waals surface area contributed by atoms with Crippen molar-refractivity contribution in [3.63, 3.8) is 0 Å². The fourth-order valence-corrected chi connectivity index (χ4v) is 1.67. The van der Waals surface area contributed by atoms with Gasteiger partial charge in [-0.2, -0.15) is 5.10 Å². The number of amides is 1. The maximum absolute atomic E-state index is 11.6. The van der Waals surface area contributed by atoms with E-state index in [1.807, 2.05) is 44.6 Å². The molecule has 2 heterocycles. The van der Waals surface area contributed by atoms with Gasteiger partial charge in [0.25, 0.3) is 0 Å². The molecule has 7 heteroatoms. The zero-order chi connectivity index (χ0) is 14.8. The van der Waals surface area contributed by atoms with E-state index in [1.54, 1.807) is 17.2 Å². The third kappa shape index (κ3) is 3.59. The molecular formula is C13H19N5O2. The number of nitrogens with one attached hydrogen (secondary N) is 1. The molecule has 20 heavy (non-hydrogen) atoms. The quantitative estimate of drug-likeness (QED) is 0.925. The van der Waals surface area contributed by atoms with E-state index in [9.17, 15) is 4.79 Å². The lowest BCUT2D eigenvalue weighted by Gasteiger charge is -2.19. The second-order valence-corrected chi connectivity index (χ2v) is 5.46. The van der Waals surface area contributed by atoms with Gasteiger partial charge in [-0.1, -0.05) is 0 Å². The Labute approximate surface area is 117 Å². The minimum absolute atomic E-state index is 0.325. The largest absolute Gasteiger partial charge is 0.444 e. The SMILES string of the molecule is Cn1ccc(-n2cncc2CNC(=O)OC(C)(C)C)n1. The molecule has 0 fully saturated rings. The topological polar surface area (TPSA) is 74.0 Å². The van der Waals surface area contributed by atoms with Crippen molar-refractivity contribution in [2.45, 2.75) is 32.9 Å². The van der Waals surface area contributed by atoms with Crippen LogP contribution in [0, 0.1) is 0 Å². The lowest BCUT2D eigenvalue weighted by Crippen LogP contribution is -2.32. The van der Waals surface area contributed by atoms with Crippen molar-refractivity contribution in [3.8, 4) is 5.82 Å². The van der Waals surface area contributed by atoms with Crippen molar-refractivity contribution in [3.05, 3.63) is 30.5 Å². The van der Waals surface area contributed by atoms with Crippen LogP contribution in [0.25, 0.3) is 5.82 Å². The highest BCUT2D eigenvalue weighted by atomic mass is 16.6. The molecule has 0 spiro atoms. The summed E-state index contributed by atoms with van der Waals surface area (Å²) in [4.78, 5) is 15.7. The number of alkyl carbamates (subject to hydrolysis) is 1. The molecule has 108 valence electrons. The smallest absolute Gasteiger partial charge is 0.407 e. The highest BCUT2D eigenvalue weighted by Gasteiger charge is 2.16. The Morgan fingerprint density at radius 3 is 2.80 bits per heavy atom. The van der Waals surface area contributed by atoms with Crippen LogP contribution in [0.2, 0.25) is 0 Å². The summed E-state index contributed by atoms with van der Waals surface area (Å²) in [7, 11) is 1.85. The Balaban J connectivity index is 2.01. The van der Waals surface area contributed by atoms with Gasteiger partial charge in [-0.05, 0) is 20.8 Å². The zero-order valence-electron chi connectivity index (χ0n) is 12.1. The van der Waals surface area contributed by atoms with Crippen molar-refractivity contribution in [2.24, 2.45) is 7.05 Å². The van der Waals surface area contributed by atoms with Crippen LogP contribution in [-0.2, 0) is 18.3 Å². The predicted molar refractivity (Wildman–Crippen MR) is 73.4 cm³/mol. The molecule has 2 aromatic heterocycles. The summed E-state index contributed by atoms with van der Waals surface area (Å²) in [6.45, 7) is 5.80. The molecule has 2 aromatic rings. The maximum atomic E-state index is 11.6. The van der Waals surface area contributed by atoms with E-state index in [2.05, 4.69) is 15.4 Å². The number of carbonyl (C=O) groups excluding carboxylic acids is 1. The van der Waals surface area contributed by atoms with E-state index in [1.165, 1.54) is 0 Å². The van der Waals surface area contributed by atoms with Crippen molar-refractivity contribution >= 4 is 6.09 Å². The van der Waals surface area contributed by atoms with Crippen LogP contribution in [0.5, 0.6) is 0 Å². The molecule has 0 bridgehead atoms. The number of aryl methyl sites for hydroxylation is 1. The second kappa shape index (κ2) is 5.36. The van der Waals surface area contributed by atoms with Crippen LogP contribution in [0.1, 0.15) is 26.5 Å². The van der Waals surface area contributed by atoms with Gasteiger partial charge in [-0.15, -0.1) is 0 Å². The van der Waals surface area contributed by atoms with Crippen LogP contribution < -0.4 is 5.32 Å². The Hall–Kier alpha value is -2.31. The van der Waals surface area contributed by atoms with Crippen molar-refractivity contribution in [1.29, 1.82) is 0 Å². The summed E-state index contributed by atoms with van der Waals surface area (Å²) in [5.41, 5.74) is 0.320. The molecule has 0 saturated heterocycles. The molecule has 7 nitrogen and oxygen atoms in total. The summed E-state index contributed by atoms with van der Waals surface area (Å²) < 4.78 is 8.71. The minimum atomic E-state index is -0.509. The maximum Gasteiger partial charge on any atom is 0.407 e. The molecule has 0 unspecified atom stereocenters. The number of rotatable bonds is 3. The molecule has 0 atom stereocenters. The summed E-state index contributed by atoms with van der Waals surface area (Å²) in [6.07, 6.45) is 4.74. The number of nitrogens with zero attached hydrogens (tertiary/aromatic N) is 4. The Bertz CT molecular complexity index is 594. The molecule has 0 aromatic carbocycles. The molecule has 2 rings (SSSR count). The predicted octanol–water partition coefficient (Wildman–Crippen LogP) is 1.63. The lowest BCUT2D eigenvalue weighted by atomic mass is 10.2. The van der Waals surface area contributed by atoms with E-state index in [0.717, 1.165) is 11.5 Å². The highest BCUT2D eigenvalue weighted by Crippen LogP contribution is 2.09. The first-order chi connectivity index (χ1) is 9.35. The van der Waals surface area contributed by atoms with Gasteiger partial charge >= 0.3 is 6.09 Å². The lowest BCUT2D eigenvalue weighted by molar-refractivity contribution is 0.0522. The van der Waals surface area contributed by atoms with Gasteiger partial charge in [0.05, 0.1) is 18.4 Å². The third-order valence-corrected chi connectivity index (χ3v) is 2.47. The summed E-state index contributed by atoms with van der Waals surface area (Å²) >= 11 is 0. The first-order valence-corrected chi connectivity index (χ1v) is 6.33. The van der Waals surface area contributed by atoms with Gasteiger partial charge in [-0.3, -0.25) is 9.25 Å². The van der Waals surface area contributed by atoms with Gasteiger partial charge in [0, 0.05) is 19.3 Å². The van der Waals surface area contributed by atoms with E-state index in [-0.39, 0.29) is 0 Å². The molecule has 0 saturated carbocycles. The first kappa shape index (κ1) is 14.1. The van der Waals surface area contributed by atoms with Gasteiger partial charge in [0.1, 0.15) is 11.9 Å². The van der Waals surface area contributed by atoms with Crippen LogP contribution in [-0.4, -0.2) is 31.0 Å². The number of hydrogen-bond donors (Lipinski definition) is 1. The molecule has 0 aliphatic heterocycles. The fraction of sp³-hybridized carbons (Fsp3) is 0.462. The summed E-state index contributed by atoms with van der Waals surface area (Å²) in [5.74, 6) is 0.756. The molecule has 1 N–H and O–H groups in total. The average molecular weight is 277 g/mol. The molecule has 0 aliphatic rings. The summed E-state index contributed by atoms with van der Waals surface area (Å²) in [6, 6.07) is 1.87. The van der Waals surface area contributed by atoms with Crippen molar-refractivity contribution in [1.82, 2.24) is 24.6 Å². The fourth-order valence-electron chi connectivity index (χ4n) is 1.67. The zero-order valence-corrected chi connectivity index (χ0v) is 12.1. The number of carbonyl (C=O) groups is 1. The number of aromatic nitrogens is 4. The van der Waals surface area contributed by atoms with Gasteiger partial charge < -0.3 is 10.1 Å². The normalized spacial score (nSPS) is 11.4. The standard InChI is InChI=1S/C13H19N5O2/c1-13(2,3)20-12(19)15-8-10-7-14-9-18(10)11-5-6-17(4)16-11/h5-7,9H,8H2,1-4H3,(H,15,19). The number of ether oxygens (including phenoxy) is 1. The van der Waals surface area contributed by atoms with Gasteiger partial charge in [0.2, 0.25) is 0 Å². The Morgan fingerprint density at radius 2 is 2.20 bits per heavy atom. The first-order valence-electron chi connectivity index (χ1n) is 6.33. The highest BCUT2D eigenvalue weighted by molar-refractivity contribution is 5.67. The van der Waals surface area contributed by atoms with E-state index >= 15 is 0 Å². The molecule has 1 amide bonds. The molecule has 0 aliphatic carbocycles. The summed E-state index contributed by atoms with van der Waals surface area (Å²) in [5, 5.41) is 7.00. The van der Waals surface area contributed by atoms with Crippen LogP contribution in [0.15, 0.2) is 24.8 Å². The minimum Gasteiger partial charge on any atom is -0.444 e. The van der Waals surface area contributed by atoms with Crippen LogP contribution >= 0.6 is 0 Å². The van der Waals surface area contributed by atoms with E-state index in [4.69, 9.17) is 4.74 Å². The van der Waals surface area contributed by atoms with Crippen molar-refractivity contribution < 1.29 is 9.53 Å². The Kier molecular flexibility index (Phi) is 3.78. The number of imidazole rings is 1. The van der Waals surface area contributed by atoms with E-state index in [0.29, 0.717) is 6.54 Å². The third-order valence-electron chi connectivity index (χ3n) is 2.47. The monoisotopic (exact) mass is 277 g/mol. The molecule has 0 radical (unpaired) electrons. The second-order valence-electron chi connectivity index (χ2n) is 5.46. The van der Waals surface area contributed by atoms with Gasteiger partial charge in [0.15, 0.2) is 5.82 Å². The molecular weight excluding hydrogens is 258 g/mol. The van der Waals surface area contributed by atoms with Crippen molar-refractivity contribution in [2.75, 3.05) is 0 Å². The average Bonchev–Trinajstić information content (AvgIpc) is 2.92.